The first kappa shape index (κ1) is 10.4. The van der Waals surface area contributed by atoms with Gasteiger partial charge >= 0.3 is 0 Å². The van der Waals surface area contributed by atoms with Gasteiger partial charge in [0.1, 0.15) is 0 Å². The van der Waals surface area contributed by atoms with Crippen LogP contribution in [-0.4, -0.2) is 37.2 Å². The number of rotatable bonds is 3. The van der Waals surface area contributed by atoms with Gasteiger partial charge in [-0.25, -0.2) is 0 Å². The lowest BCUT2D eigenvalue weighted by atomic mass is 9.95. The summed E-state index contributed by atoms with van der Waals surface area (Å²) in [5, 5.41) is 0. The SMILES string of the molecule is COC(C(C)C)C1CC2C(C)C2N1C. The van der Waals surface area contributed by atoms with Crippen LogP contribution in [0.4, 0.5) is 0 Å². The minimum absolute atomic E-state index is 0.417. The Hall–Kier alpha value is -0.0800. The molecule has 0 amide bonds. The van der Waals surface area contributed by atoms with E-state index in [2.05, 4.69) is 32.7 Å². The van der Waals surface area contributed by atoms with Crippen molar-refractivity contribution in [2.24, 2.45) is 17.8 Å². The van der Waals surface area contributed by atoms with Gasteiger partial charge in [0.25, 0.3) is 0 Å². The Kier molecular flexibility index (Phi) is 2.61. The number of methoxy groups -OCH3 is 1. The molecule has 1 aliphatic carbocycles. The van der Waals surface area contributed by atoms with Gasteiger partial charge in [0.2, 0.25) is 0 Å². The van der Waals surface area contributed by atoms with Gasteiger partial charge in [-0.05, 0) is 31.2 Å². The van der Waals surface area contributed by atoms with Gasteiger partial charge in [-0.1, -0.05) is 20.8 Å². The maximum Gasteiger partial charge on any atom is 0.0749 e. The minimum Gasteiger partial charge on any atom is -0.380 e. The Balaban J connectivity index is 2.00. The topological polar surface area (TPSA) is 12.5 Å². The van der Waals surface area contributed by atoms with E-state index < -0.39 is 0 Å². The van der Waals surface area contributed by atoms with E-state index in [1.807, 2.05) is 7.11 Å². The fraction of sp³-hybridized carbons (Fsp3) is 1.00. The van der Waals surface area contributed by atoms with Crippen molar-refractivity contribution in [3.05, 3.63) is 0 Å². The molecule has 14 heavy (non-hydrogen) atoms. The molecular weight excluding hydrogens is 174 g/mol. The molecule has 82 valence electrons. The van der Waals surface area contributed by atoms with Gasteiger partial charge < -0.3 is 4.74 Å². The molecule has 2 rings (SSSR count). The number of ether oxygens (including phenoxy) is 1. The van der Waals surface area contributed by atoms with Gasteiger partial charge in [0, 0.05) is 19.2 Å². The zero-order valence-corrected chi connectivity index (χ0v) is 10.0. The van der Waals surface area contributed by atoms with Gasteiger partial charge in [-0.2, -0.15) is 0 Å². The van der Waals surface area contributed by atoms with Crippen molar-refractivity contribution in [3.8, 4) is 0 Å². The average molecular weight is 197 g/mol. The molecule has 2 nitrogen and oxygen atoms in total. The van der Waals surface area contributed by atoms with Crippen LogP contribution >= 0.6 is 0 Å². The summed E-state index contributed by atoms with van der Waals surface area (Å²) < 4.78 is 5.63. The molecule has 1 saturated heterocycles. The highest BCUT2D eigenvalue weighted by Crippen LogP contribution is 2.53. The van der Waals surface area contributed by atoms with E-state index in [9.17, 15) is 0 Å². The largest absolute Gasteiger partial charge is 0.380 e. The van der Waals surface area contributed by atoms with E-state index >= 15 is 0 Å². The second-order valence-corrected chi connectivity index (χ2v) is 5.43. The molecule has 2 heteroatoms. The summed E-state index contributed by atoms with van der Waals surface area (Å²) >= 11 is 0. The molecule has 0 bridgehead atoms. The van der Waals surface area contributed by atoms with Crippen LogP contribution in [0.3, 0.4) is 0 Å². The maximum absolute atomic E-state index is 5.63. The van der Waals surface area contributed by atoms with E-state index in [1.165, 1.54) is 6.42 Å². The Bertz CT molecular complexity index is 216. The summed E-state index contributed by atoms with van der Waals surface area (Å²) in [4.78, 5) is 2.56. The van der Waals surface area contributed by atoms with E-state index in [4.69, 9.17) is 4.74 Å². The number of likely N-dealkylation sites (tertiary alicyclic amines) is 1. The number of piperidine rings is 1. The highest BCUT2D eigenvalue weighted by atomic mass is 16.5. The lowest BCUT2D eigenvalue weighted by Crippen LogP contribution is -2.43. The van der Waals surface area contributed by atoms with Crippen LogP contribution in [0.5, 0.6) is 0 Å². The zero-order chi connectivity index (χ0) is 10.5. The van der Waals surface area contributed by atoms with Crippen molar-refractivity contribution in [2.75, 3.05) is 14.2 Å². The summed E-state index contributed by atoms with van der Waals surface area (Å²) in [6.45, 7) is 6.89. The predicted octanol–water partition coefficient (Wildman–Crippen LogP) is 2.00. The van der Waals surface area contributed by atoms with Crippen LogP contribution in [0.25, 0.3) is 0 Å². The molecule has 0 spiro atoms. The van der Waals surface area contributed by atoms with Crippen molar-refractivity contribution in [3.63, 3.8) is 0 Å². The molecule has 5 atom stereocenters. The zero-order valence-electron chi connectivity index (χ0n) is 10.0. The molecule has 0 N–H and O–H groups in total. The molecule has 0 radical (unpaired) electrons. The second-order valence-electron chi connectivity index (χ2n) is 5.43. The van der Waals surface area contributed by atoms with Crippen molar-refractivity contribution in [1.82, 2.24) is 4.90 Å². The Labute approximate surface area is 87.6 Å². The average Bonchev–Trinajstić information content (AvgIpc) is 2.60. The lowest BCUT2D eigenvalue weighted by molar-refractivity contribution is -0.00193. The van der Waals surface area contributed by atoms with Gasteiger partial charge in [0.15, 0.2) is 0 Å². The summed E-state index contributed by atoms with van der Waals surface area (Å²) in [7, 11) is 4.12. The number of hydrogen-bond acceptors (Lipinski definition) is 2. The third-order valence-corrected chi connectivity index (χ3v) is 4.33. The lowest BCUT2D eigenvalue weighted by Gasteiger charge is -2.33. The quantitative estimate of drug-likeness (QED) is 0.686. The molecule has 1 aliphatic heterocycles. The van der Waals surface area contributed by atoms with E-state index in [1.54, 1.807) is 0 Å². The first-order chi connectivity index (χ1) is 6.57. The third kappa shape index (κ3) is 1.40. The highest BCUT2D eigenvalue weighted by Gasteiger charge is 2.58. The summed E-state index contributed by atoms with van der Waals surface area (Å²) in [6, 6.07) is 1.52. The molecule has 0 aromatic heterocycles. The molecule has 1 saturated carbocycles. The molecule has 0 aromatic rings. The van der Waals surface area contributed by atoms with Crippen LogP contribution in [0.15, 0.2) is 0 Å². The first-order valence-electron chi connectivity index (χ1n) is 5.82. The second kappa shape index (κ2) is 3.49. The van der Waals surface area contributed by atoms with Crippen molar-refractivity contribution in [1.29, 1.82) is 0 Å². The smallest absolute Gasteiger partial charge is 0.0749 e. The fourth-order valence-electron chi connectivity index (χ4n) is 3.46. The number of fused-ring (bicyclic) bond motifs is 1. The van der Waals surface area contributed by atoms with Gasteiger partial charge in [-0.3, -0.25) is 4.90 Å². The number of likely N-dealkylation sites (N-methyl/N-ethyl adjacent to an activating group) is 1. The maximum atomic E-state index is 5.63. The van der Waals surface area contributed by atoms with E-state index in [0.29, 0.717) is 18.1 Å². The predicted molar refractivity (Wildman–Crippen MR) is 58.2 cm³/mol. The highest BCUT2D eigenvalue weighted by molar-refractivity contribution is 5.11. The summed E-state index contributed by atoms with van der Waals surface area (Å²) in [5.41, 5.74) is 0. The monoisotopic (exact) mass is 197 g/mol. The van der Waals surface area contributed by atoms with Crippen LogP contribution in [0.1, 0.15) is 27.2 Å². The molecular formula is C12H23NO. The number of nitrogens with zero attached hydrogens (tertiary/aromatic N) is 1. The first-order valence-corrected chi connectivity index (χ1v) is 5.82. The standard InChI is InChI=1S/C12H23NO/c1-7(2)12(14-5)10-6-9-8(3)11(9)13(10)4/h7-12H,6H2,1-5H3. The summed E-state index contributed by atoms with van der Waals surface area (Å²) in [5.74, 6) is 2.52. The van der Waals surface area contributed by atoms with Gasteiger partial charge in [0.05, 0.1) is 6.10 Å². The van der Waals surface area contributed by atoms with Crippen molar-refractivity contribution in [2.45, 2.75) is 45.4 Å². The third-order valence-electron chi connectivity index (χ3n) is 4.33. The minimum atomic E-state index is 0.417. The number of hydrogen-bond donors (Lipinski definition) is 0. The van der Waals surface area contributed by atoms with Crippen molar-refractivity contribution >= 4 is 0 Å². The van der Waals surface area contributed by atoms with E-state index in [0.717, 1.165) is 17.9 Å². The van der Waals surface area contributed by atoms with Crippen LogP contribution < -0.4 is 0 Å². The molecule has 1 heterocycles. The van der Waals surface area contributed by atoms with Crippen LogP contribution in [0.2, 0.25) is 0 Å². The normalized spacial score (nSPS) is 44.1. The van der Waals surface area contributed by atoms with Crippen molar-refractivity contribution < 1.29 is 4.74 Å². The molecule has 0 aromatic carbocycles. The Morgan fingerprint density at radius 1 is 1.36 bits per heavy atom. The van der Waals surface area contributed by atoms with E-state index in [-0.39, 0.29) is 0 Å². The molecule has 2 aliphatic rings. The van der Waals surface area contributed by atoms with Crippen LogP contribution in [-0.2, 0) is 4.74 Å². The fourth-order valence-corrected chi connectivity index (χ4v) is 3.46. The summed E-state index contributed by atoms with van der Waals surface area (Å²) in [6.07, 6.45) is 1.76. The Morgan fingerprint density at radius 2 is 2.00 bits per heavy atom. The van der Waals surface area contributed by atoms with Gasteiger partial charge in [-0.15, -0.1) is 0 Å². The van der Waals surface area contributed by atoms with Crippen LogP contribution in [0, 0.1) is 17.8 Å². The molecule has 5 unspecified atom stereocenters. The molecule has 2 fully saturated rings. The Morgan fingerprint density at radius 3 is 2.36 bits per heavy atom.